The summed E-state index contributed by atoms with van der Waals surface area (Å²) in [5.41, 5.74) is 0.604. The Kier molecular flexibility index (Phi) is 2.81. The highest BCUT2D eigenvalue weighted by Crippen LogP contribution is 2.17. The Balaban J connectivity index is 3.21. The van der Waals surface area contributed by atoms with E-state index in [1.165, 1.54) is 6.92 Å². The van der Waals surface area contributed by atoms with Crippen LogP contribution in [0.1, 0.15) is 17.3 Å². The predicted octanol–water partition coefficient (Wildman–Crippen LogP) is 2.09. The first-order valence-electron chi connectivity index (χ1n) is 3.49. The molecule has 1 aromatic rings. The van der Waals surface area contributed by atoms with Crippen LogP contribution in [0, 0.1) is 0 Å². The van der Waals surface area contributed by atoms with E-state index in [0.717, 1.165) is 4.47 Å². The quantitative estimate of drug-likeness (QED) is 0.789. The van der Waals surface area contributed by atoms with Gasteiger partial charge in [-0.25, -0.2) is 4.98 Å². The average Bonchev–Trinajstić information content (AvgIpc) is 2.04. The first-order chi connectivity index (χ1) is 5.65. The Labute approximate surface area is 79.3 Å². The number of anilines is 1. The fourth-order valence-corrected chi connectivity index (χ4v) is 1.24. The molecule has 0 amide bonds. The molecule has 0 aliphatic rings. The first-order valence-corrected chi connectivity index (χ1v) is 4.28. The topological polar surface area (TPSA) is 42.0 Å². The summed E-state index contributed by atoms with van der Waals surface area (Å²) < 4.78 is 0.812. The summed E-state index contributed by atoms with van der Waals surface area (Å²) in [5.74, 6) is 0.624. The van der Waals surface area contributed by atoms with E-state index >= 15 is 0 Å². The van der Waals surface area contributed by atoms with Gasteiger partial charge in [0.1, 0.15) is 5.82 Å². The number of aromatic nitrogens is 1. The molecule has 1 aromatic heterocycles. The molecule has 1 rings (SSSR count). The third-order valence-electron chi connectivity index (χ3n) is 1.47. The highest BCUT2D eigenvalue weighted by atomic mass is 79.9. The van der Waals surface area contributed by atoms with Gasteiger partial charge in [-0.2, -0.15) is 0 Å². The van der Waals surface area contributed by atoms with Crippen LogP contribution < -0.4 is 5.32 Å². The summed E-state index contributed by atoms with van der Waals surface area (Å²) in [6.45, 7) is 1.52. The molecule has 0 spiro atoms. The number of nitrogens with one attached hydrogen (secondary N) is 1. The van der Waals surface area contributed by atoms with Gasteiger partial charge in [0.2, 0.25) is 0 Å². The van der Waals surface area contributed by atoms with Crippen molar-refractivity contribution < 1.29 is 4.79 Å². The largest absolute Gasteiger partial charge is 0.373 e. The van der Waals surface area contributed by atoms with Gasteiger partial charge in [0.25, 0.3) is 0 Å². The molecule has 0 atom stereocenters. The molecule has 4 heteroatoms. The number of nitrogens with zero attached hydrogens (tertiary/aromatic N) is 1. The molecular weight excluding hydrogens is 220 g/mol. The summed E-state index contributed by atoms with van der Waals surface area (Å²) in [6, 6.07) is 1.75. The molecule has 1 N–H and O–H groups in total. The molecule has 0 saturated heterocycles. The van der Waals surface area contributed by atoms with Gasteiger partial charge in [-0.15, -0.1) is 0 Å². The van der Waals surface area contributed by atoms with Crippen LogP contribution >= 0.6 is 15.9 Å². The SMILES string of the molecule is CNc1ncc(Br)cc1C(C)=O. The van der Waals surface area contributed by atoms with Crippen LogP contribution in [-0.2, 0) is 0 Å². The third-order valence-corrected chi connectivity index (χ3v) is 1.90. The molecule has 0 aliphatic carbocycles. The second-order valence-electron chi connectivity index (χ2n) is 2.36. The van der Waals surface area contributed by atoms with E-state index in [1.807, 2.05) is 0 Å². The van der Waals surface area contributed by atoms with Crippen LogP contribution in [-0.4, -0.2) is 17.8 Å². The summed E-state index contributed by atoms with van der Waals surface area (Å²) in [7, 11) is 1.74. The minimum Gasteiger partial charge on any atom is -0.373 e. The van der Waals surface area contributed by atoms with Crippen molar-refractivity contribution in [2.75, 3.05) is 12.4 Å². The van der Waals surface area contributed by atoms with Gasteiger partial charge in [-0.1, -0.05) is 0 Å². The zero-order valence-corrected chi connectivity index (χ0v) is 8.47. The number of carbonyl (C=O) groups is 1. The zero-order chi connectivity index (χ0) is 9.14. The highest BCUT2D eigenvalue weighted by molar-refractivity contribution is 9.10. The fourth-order valence-electron chi connectivity index (χ4n) is 0.907. The molecule has 0 bridgehead atoms. The number of Topliss-reactive ketones (excluding diaryl/α,β-unsaturated/α-hetero) is 1. The van der Waals surface area contributed by atoms with Gasteiger partial charge in [-0.05, 0) is 28.9 Å². The second kappa shape index (κ2) is 3.67. The zero-order valence-electron chi connectivity index (χ0n) is 6.89. The maximum absolute atomic E-state index is 11.1. The average molecular weight is 229 g/mol. The molecular formula is C8H9BrN2O. The Morgan fingerprint density at radius 1 is 1.67 bits per heavy atom. The number of ketones is 1. The summed E-state index contributed by atoms with van der Waals surface area (Å²) in [6.07, 6.45) is 1.65. The van der Waals surface area contributed by atoms with Crippen molar-refractivity contribution in [3.63, 3.8) is 0 Å². The van der Waals surface area contributed by atoms with Crippen LogP contribution in [0.2, 0.25) is 0 Å². The van der Waals surface area contributed by atoms with E-state index in [9.17, 15) is 4.79 Å². The monoisotopic (exact) mass is 228 g/mol. The molecule has 0 aliphatic heterocycles. The van der Waals surface area contributed by atoms with Crippen LogP contribution in [0.5, 0.6) is 0 Å². The molecule has 1 heterocycles. The predicted molar refractivity (Wildman–Crippen MR) is 51.5 cm³/mol. The summed E-state index contributed by atoms with van der Waals surface area (Å²) in [4.78, 5) is 15.1. The number of rotatable bonds is 2. The number of halogens is 1. The molecule has 64 valence electrons. The van der Waals surface area contributed by atoms with E-state index in [4.69, 9.17) is 0 Å². The summed E-state index contributed by atoms with van der Waals surface area (Å²) >= 11 is 3.25. The number of carbonyl (C=O) groups excluding carboxylic acids is 1. The number of hydrogen-bond acceptors (Lipinski definition) is 3. The van der Waals surface area contributed by atoms with Gasteiger partial charge < -0.3 is 5.32 Å². The Hall–Kier alpha value is -0.900. The minimum absolute atomic E-state index is 0.00755. The lowest BCUT2D eigenvalue weighted by molar-refractivity contribution is 0.101. The molecule has 0 saturated carbocycles. The fraction of sp³-hybridized carbons (Fsp3) is 0.250. The summed E-state index contributed by atoms with van der Waals surface area (Å²) in [5, 5.41) is 2.85. The molecule has 0 radical (unpaired) electrons. The Morgan fingerprint density at radius 3 is 2.83 bits per heavy atom. The van der Waals surface area contributed by atoms with Crippen LogP contribution in [0.3, 0.4) is 0 Å². The van der Waals surface area contributed by atoms with E-state index < -0.39 is 0 Å². The van der Waals surface area contributed by atoms with Crippen LogP contribution in [0.15, 0.2) is 16.7 Å². The number of pyridine rings is 1. The van der Waals surface area contributed by atoms with Gasteiger partial charge >= 0.3 is 0 Å². The second-order valence-corrected chi connectivity index (χ2v) is 3.27. The van der Waals surface area contributed by atoms with Gasteiger partial charge in [0.15, 0.2) is 5.78 Å². The molecule has 0 fully saturated rings. The highest BCUT2D eigenvalue weighted by Gasteiger charge is 2.06. The normalized spacial score (nSPS) is 9.58. The molecule has 0 aromatic carbocycles. The van der Waals surface area contributed by atoms with Crippen LogP contribution in [0.4, 0.5) is 5.82 Å². The Morgan fingerprint density at radius 2 is 2.33 bits per heavy atom. The van der Waals surface area contributed by atoms with E-state index in [0.29, 0.717) is 11.4 Å². The van der Waals surface area contributed by atoms with E-state index in [-0.39, 0.29) is 5.78 Å². The molecule has 0 unspecified atom stereocenters. The van der Waals surface area contributed by atoms with Crippen molar-refractivity contribution in [3.8, 4) is 0 Å². The maximum atomic E-state index is 11.1. The lowest BCUT2D eigenvalue weighted by Crippen LogP contribution is -2.02. The third kappa shape index (κ3) is 1.82. The molecule has 3 nitrogen and oxygen atoms in total. The van der Waals surface area contributed by atoms with Crippen LogP contribution in [0.25, 0.3) is 0 Å². The van der Waals surface area contributed by atoms with Crippen molar-refractivity contribution in [1.82, 2.24) is 4.98 Å². The molecule has 12 heavy (non-hydrogen) atoms. The standard InChI is InChI=1S/C8H9BrN2O/c1-5(12)7-3-6(9)4-11-8(7)10-2/h3-4H,1-2H3,(H,10,11). The first kappa shape index (κ1) is 9.19. The Bertz CT molecular complexity index is 312. The van der Waals surface area contributed by atoms with Crippen molar-refractivity contribution in [2.24, 2.45) is 0 Å². The maximum Gasteiger partial charge on any atom is 0.163 e. The minimum atomic E-state index is 0.00755. The van der Waals surface area contributed by atoms with Crippen molar-refractivity contribution in [3.05, 3.63) is 22.3 Å². The van der Waals surface area contributed by atoms with Crippen molar-refractivity contribution in [2.45, 2.75) is 6.92 Å². The van der Waals surface area contributed by atoms with Gasteiger partial charge in [0.05, 0.1) is 5.56 Å². The lowest BCUT2D eigenvalue weighted by Gasteiger charge is -2.04. The smallest absolute Gasteiger partial charge is 0.163 e. The van der Waals surface area contributed by atoms with Crippen molar-refractivity contribution in [1.29, 1.82) is 0 Å². The van der Waals surface area contributed by atoms with E-state index in [2.05, 4.69) is 26.2 Å². The number of hydrogen-bond donors (Lipinski definition) is 1. The lowest BCUT2D eigenvalue weighted by atomic mass is 10.2. The van der Waals surface area contributed by atoms with Gasteiger partial charge in [0, 0.05) is 17.7 Å². The van der Waals surface area contributed by atoms with Gasteiger partial charge in [-0.3, -0.25) is 4.79 Å². The van der Waals surface area contributed by atoms with Crippen molar-refractivity contribution >= 4 is 27.5 Å². The van der Waals surface area contributed by atoms with E-state index in [1.54, 1.807) is 19.3 Å².